The van der Waals surface area contributed by atoms with Crippen LogP contribution in [-0.4, -0.2) is 21.1 Å². The first kappa shape index (κ1) is 19.6. The van der Waals surface area contributed by atoms with Gasteiger partial charge in [-0.25, -0.2) is 4.98 Å². The first-order valence-electron chi connectivity index (χ1n) is 9.03. The van der Waals surface area contributed by atoms with Gasteiger partial charge in [-0.3, -0.25) is 14.2 Å². The highest BCUT2D eigenvalue weighted by atomic mass is 79.9. The molecule has 0 spiro atoms. The normalized spacial score (nSPS) is 11.0. The number of nitrogens with zero attached hydrogens (tertiary/aromatic N) is 2. The molecule has 0 unspecified atom stereocenters. The lowest BCUT2D eigenvalue weighted by Gasteiger charge is -2.13. The standard InChI is InChI=1S/C23H17BrN2O2S/c1-15-7-12-20-19(13-15)22(28)26(18-5-3-2-4-6-18)23(25-20)29-14-21(27)16-8-10-17(24)11-9-16/h2-13H,14H2,1H3. The van der Waals surface area contributed by atoms with E-state index in [9.17, 15) is 9.59 Å². The molecule has 6 heteroatoms. The van der Waals surface area contributed by atoms with Gasteiger partial charge in [-0.15, -0.1) is 0 Å². The number of rotatable bonds is 5. The molecule has 0 aliphatic heterocycles. The molecule has 0 saturated heterocycles. The number of carbonyl (C=O) groups excluding carboxylic acids is 1. The van der Waals surface area contributed by atoms with Crippen LogP contribution in [0.5, 0.6) is 0 Å². The maximum absolute atomic E-state index is 13.3. The van der Waals surface area contributed by atoms with Crippen LogP contribution in [0.25, 0.3) is 16.6 Å². The van der Waals surface area contributed by atoms with Crippen molar-refractivity contribution in [2.75, 3.05) is 5.75 Å². The Labute approximate surface area is 180 Å². The Morgan fingerprint density at radius 1 is 1.03 bits per heavy atom. The fourth-order valence-corrected chi connectivity index (χ4v) is 4.20. The summed E-state index contributed by atoms with van der Waals surface area (Å²) in [5.74, 6) is 0.179. The fraction of sp³-hybridized carbons (Fsp3) is 0.0870. The van der Waals surface area contributed by atoms with Crippen LogP contribution in [0.2, 0.25) is 0 Å². The lowest BCUT2D eigenvalue weighted by Crippen LogP contribution is -2.22. The molecule has 0 amide bonds. The van der Waals surface area contributed by atoms with Gasteiger partial charge in [0.25, 0.3) is 5.56 Å². The summed E-state index contributed by atoms with van der Waals surface area (Å²) >= 11 is 4.65. The van der Waals surface area contributed by atoms with Crippen molar-refractivity contribution in [2.24, 2.45) is 0 Å². The molecule has 0 atom stereocenters. The number of halogens is 1. The zero-order chi connectivity index (χ0) is 20.4. The maximum Gasteiger partial charge on any atom is 0.266 e. The predicted octanol–water partition coefficient (Wildman–Crippen LogP) is 5.43. The Morgan fingerprint density at radius 2 is 1.76 bits per heavy atom. The molecule has 0 saturated carbocycles. The van der Waals surface area contributed by atoms with Gasteiger partial charge in [-0.2, -0.15) is 0 Å². The summed E-state index contributed by atoms with van der Waals surface area (Å²) in [6.45, 7) is 1.95. The van der Waals surface area contributed by atoms with E-state index in [4.69, 9.17) is 4.98 Å². The first-order valence-corrected chi connectivity index (χ1v) is 10.8. The molecule has 4 rings (SSSR count). The van der Waals surface area contributed by atoms with Gasteiger partial charge in [-0.1, -0.05) is 69.7 Å². The molecule has 0 aliphatic rings. The Balaban J connectivity index is 1.76. The third-order valence-electron chi connectivity index (χ3n) is 4.51. The second-order valence-corrected chi connectivity index (χ2v) is 8.47. The van der Waals surface area contributed by atoms with Crippen molar-refractivity contribution in [2.45, 2.75) is 12.1 Å². The molecule has 0 aliphatic carbocycles. The molecular formula is C23H17BrN2O2S. The maximum atomic E-state index is 13.3. The predicted molar refractivity (Wildman–Crippen MR) is 121 cm³/mol. The number of carbonyl (C=O) groups is 1. The van der Waals surface area contributed by atoms with Crippen molar-refractivity contribution in [1.29, 1.82) is 0 Å². The molecule has 0 bridgehead atoms. The molecular weight excluding hydrogens is 448 g/mol. The van der Waals surface area contributed by atoms with E-state index in [0.29, 0.717) is 21.6 Å². The molecule has 0 N–H and O–H groups in total. The van der Waals surface area contributed by atoms with Crippen LogP contribution in [0.15, 0.2) is 87.2 Å². The summed E-state index contributed by atoms with van der Waals surface area (Å²) in [5, 5.41) is 1.07. The van der Waals surface area contributed by atoms with E-state index in [-0.39, 0.29) is 17.1 Å². The molecule has 144 valence electrons. The highest BCUT2D eigenvalue weighted by molar-refractivity contribution is 9.10. The zero-order valence-corrected chi connectivity index (χ0v) is 18.0. The Morgan fingerprint density at radius 3 is 2.48 bits per heavy atom. The number of Topliss-reactive ketones (excluding diaryl/α,β-unsaturated/α-hetero) is 1. The number of fused-ring (bicyclic) bond motifs is 1. The topological polar surface area (TPSA) is 52.0 Å². The van der Waals surface area contributed by atoms with Crippen LogP contribution >= 0.6 is 27.7 Å². The van der Waals surface area contributed by atoms with Crippen LogP contribution in [0.3, 0.4) is 0 Å². The van der Waals surface area contributed by atoms with E-state index < -0.39 is 0 Å². The van der Waals surface area contributed by atoms with E-state index in [1.807, 2.05) is 67.6 Å². The van der Waals surface area contributed by atoms with Gasteiger partial charge in [0.2, 0.25) is 0 Å². The third kappa shape index (κ3) is 4.18. The molecule has 1 aromatic heterocycles. The largest absolute Gasteiger partial charge is 0.293 e. The van der Waals surface area contributed by atoms with Crippen LogP contribution in [0.1, 0.15) is 15.9 Å². The van der Waals surface area contributed by atoms with E-state index >= 15 is 0 Å². The lowest BCUT2D eigenvalue weighted by molar-refractivity contribution is 0.102. The number of ketones is 1. The number of hydrogen-bond acceptors (Lipinski definition) is 4. The highest BCUT2D eigenvalue weighted by Gasteiger charge is 2.15. The summed E-state index contributed by atoms with van der Waals surface area (Å²) in [5.41, 5.74) is 2.86. The number of benzene rings is 3. The second-order valence-electron chi connectivity index (χ2n) is 6.61. The summed E-state index contributed by atoms with van der Waals surface area (Å²) in [7, 11) is 0. The Hall–Kier alpha value is -2.70. The van der Waals surface area contributed by atoms with Gasteiger partial charge in [0.15, 0.2) is 10.9 Å². The molecule has 1 heterocycles. The molecule has 3 aromatic carbocycles. The minimum atomic E-state index is -0.136. The quantitative estimate of drug-likeness (QED) is 0.224. The number of para-hydroxylation sites is 1. The smallest absolute Gasteiger partial charge is 0.266 e. The third-order valence-corrected chi connectivity index (χ3v) is 5.97. The monoisotopic (exact) mass is 464 g/mol. The summed E-state index contributed by atoms with van der Waals surface area (Å²) in [4.78, 5) is 30.6. The summed E-state index contributed by atoms with van der Waals surface area (Å²) in [6, 6.07) is 22.3. The van der Waals surface area contributed by atoms with Crippen LogP contribution in [0, 0.1) is 6.92 Å². The van der Waals surface area contributed by atoms with Crippen LogP contribution < -0.4 is 5.56 Å². The molecule has 0 fully saturated rings. The van der Waals surface area contributed by atoms with Crippen LogP contribution in [0.4, 0.5) is 0 Å². The van der Waals surface area contributed by atoms with E-state index in [1.165, 1.54) is 11.8 Å². The number of aromatic nitrogens is 2. The van der Waals surface area contributed by atoms with Crippen molar-refractivity contribution in [3.63, 3.8) is 0 Å². The lowest BCUT2D eigenvalue weighted by atomic mass is 10.1. The zero-order valence-electron chi connectivity index (χ0n) is 15.6. The fourth-order valence-electron chi connectivity index (χ4n) is 3.03. The average molecular weight is 465 g/mol. The van der Waals surface area contributed by atoms with Crippen molar-refractivity contribution >= 4 is 44.4 Å². The Kier molecular flexibility index (Phi) is 5.65. The summed E-state index contributed by atoms with van der Waals surface area (Å²) in [6.07, 6.45) is 0. The highest BCUT2D eigenvalue weighted by Crippen LogP contribution is 2.23. The van der Waals surface area contributed by atoms with Crippen molar-refractivity contribution < 1.29 is 4.79 Å². The van der Waals surface area contributed by atoms with E-state index in [2.05, 4.69) is 15.9 Å². The first-order chi connectivity index (χ1) is 14.0. The van der Waals surface area contributed by atoms with Crippen molar-refractivity contribution in [3.8, 4) is 5.69 Å². The molecule has 29 heavy (non-hydrogen) atoms. The van der Waals surface area contributed by atoms with Gasteiger partial charge < -0.3 is 0 Å². The molecule has 0 radical (unpaired) electrons. The number of hydrogen-bond donors (Lipinski definition) is 0. The minimum Gasteiger partial charge on any atom is -0.293 e. The van der Waals surface area contributed by atoms with E-state index in [1.54, 1.807) is 16.7 Å². The SMILES string of the molecule is Cc1ccc2nc(SCC(=O)c3ccc(Br)cc3)n(-c3ccccc3)c(=O)c2c1. The Bertz CT molecular complexity index is 1250. The number of thioether (sulfide) groups is 1. The van der Waals surface area contributed by atoms with Crippen molar-refractivity contribution in [1.82, 2.24) is 9.55 Å². The molecule has 4 aromatic rings. The summed E-state index contributed by atoms with van der Waals surface area (Å²) < 4.78 is 2.51. The van der Waals surface area contributed by atoms with Crippen LogP contribution in [-0.2, 0) is 0 Å². The van der Waals surface area contributed by atoms with Gasteiger partial charge in [0, 0.05) is 10.0 Å². The number of aryl methyl sites for hydroxylation is 1. The average Bonchev–Trinajstić information content (AvgIpc) is 2.74. The van der Waals surface area contributed by atoms with Crippen molar-refractivity contribution in [3.05, 3.63) is 98.7 Å². The van der Waals surface area contributed by atoms with E-state index in [0.717, 1.165) is 15.7 Å². The minimum absolute atomic E-state index is 0.0136. The van der Waals surface area contributed by atoms with Gasteiger partial charge in [0.05, 0.1) is 22.3 Å². The van der Waals surface area contributed by atoms with Gasteiger partial charge in [0.1, 0.15) is 0 Å². The molecule has 4 nitrogen and oxygen atoms in total. The van der Waals surface area contributed by atoms with Gasteiger partial charge >= 0.3 is 0 Å². The second kappa shape index (κ2) is 8.35. The van der Waals surface area contributed by atoms with Gasteiger partial charge in [-0.05, 0) is 43.3 Å².